The molecule has 2 heterocycles. The minimum Gasteiger partial charge on any atom is -0.338 e. The van der Waals surface area contributed by atoms with Gasteiger partial charge in [0.15, 0.2) is 0 Å². The summed E-state index contributed by atoms with van der Waals surface area (Å²) in [4.78, 5) is 20.1. The van der Waals surface area contributed by atoms with E-state index in [1.54, 1.807) is 0 Å². The molecule has 0 saturated carbocycles. The van der Waals surface area contributed by atoms with Crippen molar-refractivity contribution >= 4 is 16.9 Å². The number of carbonyl (C=O) groups is 1. The van der Waals surface area contributed by atoms with Gasteiger partial charge in [0.1, 0.15) is 5.82 Å². The molecule has 1 amide bonds. The first kappa shape index (κ1) is 21.4. The highest BCUT2D eigenvalue weighted by atomic mass is 16.2. The summed E-state index contributed by atoms with van der Waals surface area (Å²) in [6, 6.07) is 27.4. The Hall–Kier alpha value is -3.40. The Labute approximate surface area is 195 Å². The predicted octanol–water partition coefficient (Wildman–Crippen LogP) is 6.23. The molecule has 1 aliphatic heterocycles. The second-order valence-corrected chi connectivity index (χ2v) is 9.35. The van der Waals surface area contributed by atoms with Crippen LogP contribution in [0, 0.1) is 0 Å². The van der Waals surface area contributed by atoms with Crippen LogP contribution in [0.5, 0.6) is 0 Å². The summed E-state index contributed by atoms with van der Waals surface area (Å²) in [6.07, 6.45) is 2.70. The maximum Gasteiger partial charge on any atom is 0.253 e. The van der Waals surface area contributed by atoms with Gasteiger partial charge in [0, 0.05) is 31.1 Å². The first-order valence-corrected chi connectivity index (χ1v) is 12.0. The Morgan fingerprint density at radius 3 is 2.27 bits per heavy atom. The number of rotatable bonds is 5. The smallest absolute Gasteiger partial charge is 0.253 e. The van der Waals surface area contributed by atoms with Crippen molar-refractivity contribution in [2.24, 2.45) is 0 Å². The van der Waals surface area contributed by atoms with Crippen LogP contribution in [0.2, 0.25) is 0 Å². The van der Waals surface area contributed by atoms with Crippen molar-refractivity contribution in [2.75, 3.05) is 13.1 Å². The van der Waals surface area contributed by atoms with Gasteiger partial charge in [0.05, 0.1) is 11.0 Å². The summed E-state index contributed by atoms with van der Waals surface area (Å²) in [5.74, 6) is 1.72. The van der Waals surface area contributed by atoms with Crippen molar-refractivity contribution in [3.8, 4) is 0 Å². The van der Waals surface area contributed by atoms with E-state index in [4.69, 9.17) is 4.98 Å². The van der Waals surface area contributed by atoms with Gasteiger partial charge in [-0.25, -0.2) is 4.98 Å². The molecular weight excluding hydrogens is 406 g/mol. The fraction of sp³-hybridized carbons (Fsp3) is 0.310. The molecule has 3 aromatic carbocycles. The molecule has 168 valence electrons. The lowest BCUT2D eigenvalue weighted by atomic mass is 10.00. The number of aromatic nitrogens is 2. The molecule has 4 nitrogen and oxygen atoms in total. The Morgan fingerprint density at radius 2 is 1.58 bits per heavy atom. The van der Waals surface area contributed by atoms with Crippen molar-refractivity contribution in [3.05, 3.63) is 101 Å². The van der Waals surface area contributed by atoms with Gasteiger partial charge in [-0.1, -0.05) is 68.4 Å². The third-order valence-corrected chi connectivity index (χ3v) is 6.82. The summed E-state index contributed by atoms with van der Waals surface area (Å²) in [6.45, 7) is 5.89. The van der Waals surface area contributed by atoms with Gasteiger partial charge in [-0.05, 0) is 54.2 Å². The minimum atomic E-state index is 0.142. The number of piperidine rings is 1. The number of amides is 1. The van der Waals surface area contributed by atoms with Gasteiger partial charge in [0.2, 0.25) is 0 Å². The fourth-order valence-electron chi connectivity index (χ4n) is 4.93. The Morgan fingerprint density at radius 1 is 0.909 bits per heavy atom. The number of benzene rings is 3. The highest BCUT2D eigenvalue weighted by Crippen LogP contribution is 2.30. The van der Waals surface area contributed by atoms with Gasteiger partial charge < -0.3 is 9.47 Å². The van der Waals surface area contributed by atoms with Crippen LogP contribution in [-0.4, -0.2) is 33.4 Å². The quantitative estimate of drug-likeness (QED) is 0.371. The third kappa shape index (κ3) is 4.43. The highest BCUT2D eigenvalue weighted by Gasteiger charge is 2.27. The normalized spacial score (nSPS) is 14.8. The summed E-state index contributed by atoms with van der Waals surface area (Å²) in [5, 5.41) is 0. The average molecular weight is 438 g/mol. The van der Waals surface area contributed by atoms with Crippen molar-refractivity contribution in [3.63, 3.8) is 0 Å². The number of hydrogen-bond donors (Lipinski definition) is 0. The second-order valence-electron chi connectivity index (χ2n) is 9.35. The number of para-hydroxylation sites is 2. The molecule has 0 spiro atoms. The van der Waals surface area contributed by atoms with E-state index in [1.807, 2.05) is 17.0 Å². The average Bonchev–Trinajstić information content (AvgIpc) is 3.22. The summed E-state index contributed by atoms with van der Waals surface area (Å²) in [7, 11) is 0. The SMILES string of the molecule is CC(C)c1ccc(C(=O)N2CCC(n3c(Cc4ccccc4)nc4ccccc43)CC2)cc1. The number of nitrogens with zero attached hydrogens (tertiary/aromatic N) is 3. The number of carbonyl (C=O) groups excluding carboxylic acids is 1. The lowest BCUT2D eigenvalue weighted by Crippen LogP contribution is -2.39. The number of hydrogen-bond acceptors (Lipinski definition) is 2. The predicted molar refractivity (Wildman–Crippen MR) is 134 cm³/mol. The molecule has 0 atom stereocenters. The molecule has 0 aliphatic carbocycles. The van der Waals surface area contributed by atoms with Crippen molar-refractivity contribution < 1.29 is 4.79 Å². The summed E-state index contributed by atoms with van der Waals surface area (Å²) >= 11 is 0. The van der Waals surface area contributed by atoms with E-state index in [0.717, 1.165) is 49.3 Å². The lowest BCUT2D eigenvalue weighted by Gasteiger charge is -2.34. The first-order valence-electron chi connectivity index (χ1n) is 12.0. The molecule has 4 aromatic rings. The molecular formula is C29H31N3O. The van der Waals surface area contributed by atoms with Gasteiger partial charge >= 0.3 is 0 Å². The topological polar surface area (TPSA) is 38.1 Å². The summed E-state index contributed by atoms with van der Waals surface area (Å²) in [5.41, 5.74) is 5.56. The van der Waals surface area contributed by atoms with E-state index < -0.39 is 0 Å². The third-order valence-electron chi connectivity index (χ3n) is 6.82. The van der Waals surface area contributed by atoms with Gasteiger partial charge in [-0.2, -0.15) is 0 Å². The monoisotopic (exact) mass is 437 g/mol. The zero-order valence-electron chi connectivity index (χ0n) is 19.4. The van der Waals surface area contributed by atoms with E-state index in [9.17, 15) is 4.79 Å². The fourth-order valence-corrected chi connectivity index (χ4v) is 4.93. The Balaban J connectivity index is 1.35. The molecule has 0 bridgehead atoms. The maximum atomic E-state index is 13.1. The summed E-state index contributed by atoms with van der Waals surface area (Å²) < 4.78 is 2.43. The molecule has 1 saturated heterocycles. The highest BCUT2D eigenvalue weighted by molar-refractivity contribution is 5.94. The molecule has 4 heteroatoms. The van der Waals surface area contributed by atoms with E-state index in [0.29, 0.717) is 12.0 Å². The molecule has 0 N–H and O–H groups in total. The first-order chi connectivity index (χ1) is 16.1. The minimum absolute atomic E-state index is 0.142. The maximum absolute atomic E-state index is 13.1. The van der Waals surface area contributed by atoms with Crippen LogP contribution in [-0.2, 0) is 6.42 Å². The lowest BCUT2D eigenvalue weighted by molar-refractivity contribution is 0.0695. The van der Waals surface area contributed by atoms with E-state index >= 15 is 0 Å². The largest absolute Gasteiger partial charge is 0.338 e. The molecule has 0 radical (unpaired) electrons. The molecule has 33 heavy (non-hydrogen) atoms. The molecule has 1 aromatic heterocycles. The zero-order valence-corrected chi connectivity index (χ0v) is 19.4. The standard InChI is InChI=1S/C29H31N3O/c1-21(2)23-12-14-24(15-13-23)29(33)31-18-16-25(17-19-31)32-27-11-7-6-10-26(27)30-28(32)20-22-8-4-3-5-9-22/h3-15,21,25H,16-20H2,1-2H3. The van der Waals surface area contributed by atoms with Crippen LogP contribution < -0.4 is 0 Å². The van der Waals surface area contributed by atoms with Crippen LogP contribution in [0.3, 0.4) is 0 Å². The Bertz CT molecular complexity index is 1230. The van der Waals surface area contributed by atoms with Crippen LogP contribution >= 0.6 is 0 Å². The van der Waals surface area contributed by atoms with Crippen LogP contribution in [0.15, 0.2) is 78.9 Å². The molecule has 1 fully saturated rings. The van der Waals surface area contributed by atoms with Gasteiger partial charge in [-0.3, -0.25) is 4.79 Å². The van der Waals surface area contributed by atoms with Gasteiger partial charge in [-0.15, -0.1) is 0 Å². The Kier molecular flexibility index (Phi) is 5.99. The van der Waals surface area contributed by atoms with Crippen LogP contribution in [0.1, 0.15) is 66.0 Å². The van der Waals surface area contributed by atoms with E-state index in [1.165, 1.54) is 16.6 Å². The van der Waals surface area contributed by atoms with E-state index in [2.05, 4.69) is 85.1 Å². The molecule has 1 aliphatic rings. The molecule has 5 rings (SSSR count). The van der Waals surface area contributed by atoms with Crippen molar-refractivity contribution in [1.29, 1.82) is 0 Å². The molecule has 0 unspecified atom stereocenters. The van der Waals surface area contributed by atoms with Crippen molar-refractivity contribution in [2.45, 2.75) is 45.1 Å². The van der Waals surface area contributed by atoms with E-state index in [-0.39, 0.29) is 5.91 Å². The van der Waals surface area contributed by atoms with Crippen LogP contribution in [0.4, 0.5) is 0 Å². The zero-order chi connectivity index (χ0) is 22.8. The second kappa shape index (κ2) is 9.22. The number of imidazole rings is 1. The van der Waals surface area contributed by atoms with Crippen molar-refractivity contribution in [1.82, 2.24) is 14.5 Å². The number of fused-ring (bicyclic) bond motifs is 1. The number of likely N-dealkylation sites (tertiary alicyclic amines) is 1. The van der Waals surface area contributed by atoms with Gasteiger partial charge in [0.25, 0.3) is 5.91 Å². The van der Waals surface area contributed by atoms with Crippen LogP contribution in [0.25, 0.3) is 11.0 Å².